The number of furan rings is 1. The number of Topliss-reactive ketones (excluding diaryl/α,β-unsaturated/α-hetero) is 1. The molecule has 0 saturated carbocycles. The smallest absolute Gasteiger partial charge is 0.246 e. The Morgan fingerprint density at radius 1 is 1.35 bits per heavy atom. The maximum absolute atomic E-state index is 12.6. The van der Waals surface area contributed by atoms with Gasteiger partial charge in [0.2, 0.25) is 5.91 Å². The molecule has 2 aliphatic heterocycles. The number of carbonyl (C=O) groups excluding carboxylic acids is 2. The lowest BCUT2D eigenvalue weighted by atomic mass is 9.89. The Morgan fingerprint density at radius 3 is 3.00 bits per heavy atom. The number of carbonyl (C=O) groups is 2. The molecule has 1 fully saturated rings. The molecule has 1 aromatic carbocycles. The summed E-state index contributed by atoms with van der Waals surface area (Å²) in [6.07, 6.45) is 5.58. The normalized spacial score (nSPS) is 21.9. The zero-order valence-electron chi connectivity index (χ0n) is 14.4. The first-order valence-electron chi connectivity index (χ1n) is 8.49. The Kier molecular flexibility index (Phi) is 4.03. The van der Waals surface area contributed by atoms with Crippen LogP contribution in [-0.4, -0.2) is 42.4 Å². The molecule has 0 N–H and O–H groups in total. The first-order valence-corrected chi connectivity index (χ1v) is 8.49. The predicted molar refractivity (Wildman–Crippen MR) is 94.2 cm³/mol. The molecule has 6 heteroatoms. The van der Waals surface area contributed by atoms with Gasteiger partial charge in [-0.25, -0.2) is 0 Å². The van der Waals surface area contributed by atoms with E-state index in [1.54, 1.807) is 54.7 Å². The van der Waals surface area contributed by atoms with Crippen molar-refractivity contribution in [3.63, 3.8) is 0 Å². The standard InChI is InChI=1S/C20H19NO5/c1-24-15-4-6-18-16(11-15)17(22)12-20(26-18)8-9-21(13-20)19(23)7-5-14-3-2-10-25-14/h2-7,10-11H,8-9,12-13H2,1H3/b7-5+. The average Bonchev–Trinajstić information content (AvgIpc) is 3.30. The van der Waals surface area contributed by atoms with Crippen LogP contribution in [0, 0.1) is 0 Å². The van der Waals surface area contributed by atoms with Gasteiger partial charge in [0.05, 0.1) is 31.9 Å². The van der Waals surface area contributed by atoms with Gasteiger partial charge >= 0.3 is 0 Å². The molecule has 1 aromatic heterocycles. The SMILES string of the molecule is COc1ccc2c(c1)C(=O)CC1(CCN(C(=O)/C=C/c3ccco3)C1)O2. The van der Waals surface area contributed by atoms with Crippen molar-refractivity contribution < 1.29 is 23.5 Å². The van der Waals surface area contributed by atoms with Gasteiger partial charge < -0.3 is 18.8 Å². The van der Waals surface area contributed by atoms with E-state index < -0.39 is 5.60 Å². The highest BCUT2D eigenvalue weighted by Gasteiger charge is 2.46. The molecule has 134 valence electrons. The number of benzene rings is 1. The van der Waals surface area contributed by atoms with Gasteiger partial charge in [-0.2, -0.15) is 0 Å². The zero-order valence-corrected chi connectivity index (χ0v) is 14.4. The second kappa shape index (κ2) is 6.37. The van der Waals surface area contributed by atoms with Crippen LogP contribution in [-0.2, 0) is 4.79 Å². The van der Waals surface area contributed by atoms with E-state index in [2.05, 4.69) is 0 Å². The van der Waals surface area contributed by atoms with Gasteiger partial charge in [-0.05, 0) is 36.4 Å². The van der Waals surface area contributed by atoms with E-state index >= 15 is 0 Å². The molecule has 1 atom stereocenters. The summed E-state index contributed by atoms with van der Waals surface area (Å²) in [5, 5.41) is 0. The molecule has 0 bridgehead atoms. The van der Waals surface area contributed by atoms with E-state index in [1.807, 2.05) is 0 Å². The van der Waals surface area contributed by atoms with E-state index in [4.69, 9.17) is 13.9 Å². The number of hydrogen-bond acceptors (Lipinski definition) is 5. The van der Waals surface area contributed by atoms with Crippen molar-refractivity contribution in [2.24, 2.45) is 0 Å². The highest BCUT2D eigenvalue weighted by molar-refractivity contribution is 6.01. The van der Waals surface area contributed by atoms with Crippen molar-refractivity contribution in [3.05, 3.63) is 54.0 Å². The minimum Gasteiger partial charge on any atom is -0.497 e. The summed E-state index contributed by atoms with van der Waals surface area (Å²) in [7, 11) is 1.56. The highest BCUT2D eigenvalue weighted by atomic mass is 16.5. The van der Waals surface area contributed by atoms with E-state index in [-0.39, 0.29) is 18.1 Å². The molecule has 0 radical (unpaired) electrons. The van der Waals surface area contributed by atoms with Crippen molar-refractivity contribution in [2.75, 3.05) is 20.2 Å². The highest BCUT2D eigenvalue weighted by Crippen LogP contribution is 2.40. The minimum absolute atomic E-state index is 0.0191. The maximum Gasteiger partial charge on any atom is 0.246 e. The Morgan fingerprint density at radius 2 is 2.23 bits per heavy atom. The summed E-state index contributed by atoms with van der Waals surface area (Å²) >= 11 is 0. The Bertz CT molecular complexity index is 870. The van der Waals surface area contributed by atoms with Crippen molar-refractivity contribution in [1.82, 2.24) is 4.90 Å². The largest absolute Gasteiger partial charge is 0.497 e. The lowest BCUT2D eigenvalue weighted by molar-refractivity contribution is -0.125. The summed E-state index contributed by atoms with van der Waals surface area (Å²) in [5.41, 5.74) is -0.107. The fraction of sp³-hybridized carbons (Fsp3) is 0.300. The van der Waals surface area contributed by atoms with Crippen molar-refractivity contribution in [1.29, 1.82) is 0 Å². The van der Waals surface area contributed by atoms with Gasteiger partial charge in [0.1, 0.15) is 22.9 Å². The summed E-state index contributed by atoms with van der Waals surface area (Å²) in [5.74, 6) is 1.71. The number of hydrogen-bond donors (Lipinski definition) is 0. The predicted octanol–water partition coefficient (Wildman–Crippen LogP) is 2.94. The number of ether oxygens (including phenoxy) is 2. The molecule has 3 heterocycles. The third kappa shape index (κ3) is 2.98. The van der Waals surface area contributed by atoms with Gasteiger partial charge in [-0.3, -0.25) is 9.59 Å². The number of rotatable bonds is 3. The first kappa shape index (κ1) is 16.4. The minimum atomic E-state index is -0.646. The number of likely N-dealkylation sites (tertiary alicyclic amines) is 1. The molecule has 26 heavy (non-hydrogen) atoms. The average molecular weight is 353 g/mol. The Hall–Kier alpha value is -3.02. The molecular formula is C20H19NO5. The zero-order chi connectivity index (χ0) is 18.1. The third-order valence-electron chi connectivity index (χ3n) is 4.86. The van der Waals surface area contributed by atoms with Crippen LogP contribution >= 0.6 is 0 Å². The van der Waals surface area contributed by atoms with Crippen molar-refractivity contribution in [3.8, 4) is 11.5 Å². The van der Waals surface area contributed by atoms with Gasteiger partial charge in [0, 0.05) is 19.0 Å². The number of nitrogens with zero attached hydrogens (tertiary/aromatic N) is 1. The van der Waals surface area contributed by atoms with E-state index in [9.17, 15) is 9.59 Å². The van der Waals surface area contributed by atoms with Crippen LogP contribution in [0.1, 0.15) is 29.0 Å². The fourth-order valence-electron chi connectivity index (χ4n) is 3.51. The van der Waals surface area contributed by atoms with Crippen molar-refractivity contribution in [2.45, 2.75) is 18.4 Å². The molecule has 1 amide bonds. The topological polar surface area (TPSA) is 69.0 Å². The molecule has 1 unspecified atom stereocenters. The quantitative estimate of drug-likeness (QED) is 0.794. The van der Waals surface area contributed by atoms with Crippen LogP contribution in [0.3, 0.4) is 0 Å². The molecule has 0 aliphatic carbocycles. The van der Waals surface area contributed by atoms with Gasteiger partial charge in [0.15, 0.2) is 5.78 Å². The lowest BCUT2D eigenvalue weighted by Gasteiger charge is -2.34. The summed E-state index contributed by atoms with van der Waals surface area (Å²) in [6.45, 7) is 0.950. The van der Waals surface area contributed by atoms with Crippen LogP contribution < -0.4 is 9.47 Å². The first-order chi connectivity index (χ1) is 12.6. The number of ketones is 1. The number of amides is 1. The third-order valence-corrected chi connectivity index (χ3v) is 4.86. The molecule has 1 spiro atoms. The monoisotopic (exact) mass is 353 g/mol. The van der Waals surface area contributed by atoms with Gasteiger partial charge in [0.25, 0.3) is 0 Å². The Labute approximate surface area is 151 Å². The lowest BCUT2D eigenvalue weighted by Crippen LogP contribution is -2.45. The molecule has 4 rings (SSSR count). The van der Waals surface area contributed by atoms with E-state index in [0.29, 0.717) is 42.3 Å². The molecule has 1 saturated heterocycles. The van der Waals surface area contributed by atoms with Gasteiger partial charge in [-0.15, -0.1) is 0 Å². The van der Waals surface area contributed by atoms with E-state index in [1.165, 1.54) is 6.08 Å². The van der Waals surface area contributed by atoms with Crippen LogP contribution in [0.2, 0.25) is 0 Å². The second-order valence-corrected chi connectivity index (χ2v) is 6.61. The maximum atomic E-state index is 12.6. The molecule has 2 aliphatic rings. The van der Waals surface area contributed by atoms with Gasteiger partial charge in [-0.1, -0.05) is 0 Å². The summed E-state index contributed by atoms with van der Waals surface area (Å²) in [4.78, 5) is 26.7. The number of methoxy groups -OCH3 is 1. The molecular weight excluding hydrogens is 334 g/mol. The van der Waals surface area contributed by atoms with Crippen molar-refractivity contribution >= 4 is 17.8 Å². The number of fused-ring (bicyclic) bond motifs is 1. The Balaban J connectivity index is 1.49. The van der Waals surface area contributed by atoms with E-state index in [0.717, 1.165) is 0 Å². The van der Waals surface area contributed by atoms with Crippen LogP contribution in [0.25, 0.3) is 6.08 Å². The van der Waals surface area contributed by atoms with Crippen LogP contribution in [0.4, 0.5) is 0 Å². The summed E-state index contributed by atoms with van der Waals surface area (Å²) in [6, 6.07) is 8.78. The molecule has 6 nitrogen and oxygen atoms in total. The second-order valence-electron chi connectivity index (χ2n) is 6.61. The summed E-state index contributed by atoms with van der Waals surface area (Å²) < 4.78 is 16.5. The fourth-order valence-corrected chi connectivity index (χ4v) is 3.51. The van der Waals surface area contributed by atoms with Crippen LogP contribution in [0.5, 0.6) is 11.5 Å². The molecule has 2 aromatic rings. The van der Waals surface area contributed by atoms with Crippen LogP contribution in [0.15, 0.2) is 47.1 Å².